The van der Waals surface area contributed by atoms with Crippen LogP contribution in [0.3, 0.4) is 0 Å². The van der Waals surface area contributed by atoms with E-state index in [0.717, 1.165) is 12.2 Å². The molecule has 1 fully saturated rings. The number of rotatable bonds is 1. The van der Waals surface area contributed by atoms with E-state index in [1.165, 1.54) is 12.1 Å². The second-order valence-corrected chi connectivity index (χ2v) is 4.50. The van der Waals surface area contributed by atoms with Gasteiger partial charge in [-0.05, 0) is 25.7 Å². The molecule has 0 amide bonds. The quantitative estimate of drug-likeness (QED) is 0.735. The number of aromatic nitrogens is 2. The minimum Gasteiger partial charge on any atom is -0.335 e. The Labute approximate surface area is 85.3 Å². The molecule has 3 nitrogen and oxygen atoms in total. The van der Waals surface area contributed by atoms with Crippen LogP contribution >= 0.6 is 0 Å². The van der Waals surface area contributed by atoms with Crippen LogP contribution in [0.1, 0.15) is 37.2 Å². The van der Waals surface area contributed by atoms with Crippen LogP contribution in [0.2, 0.25) is 0 Å². The standard InChI is InChI=1S/C11H19N3/c1-7-9(4-5-10(7)12)11-6-13-8(2)14(11)3/h6-7,9-10H,4-5,12H2,1-3H3. The second kappa shape index (κ2) is 3.39. The van der Waals surface area contributed by atoms with E-state index in [2.05, 4.69) is 23.5 Å². The molecule has 0 aliphatic heterocycles. The molecule has 2 rings (SSSR count). The molecule has 3 unspecified atom stereocenters. The molecule has 1 aliphatic rings. The highest BCUT2D eigenvalue weighted by molar-refractivity contribution is 5.14. The predicted molar refractivity (Wildman–Crippen MR) is 57.1 cm³/mol. The second-order valence-electron chi connectivity index (χ2n) is 4.50. The molecule has 0 saturated heterocycles. The highest BCUT2D eigenvalue weighted by Crippen LogP contribution is 2.38. The van der Waals surface area contributed by atoms with Gasteiger partial charge < -0.3 is 10.3 Å². The lowest BCUT2D eigenvalue weighted by Crippen LogP contribution is -2.25. The molecule has 1 aromatic rings. The highest BCUT2D eigenvalue weighted by Gasteiger charge is 2.33. The number of hydrogen-bond acceptors (Lipinski definition) is 2. The van der Waals surface area contributed by atoms with Crippen LogP contribution in [0.25, 0.3) is 0 Å². The lowest BCUT2D eigenvalue weighted by Gasteiger charge is -2.18. The summed E-state index contributed by atoms with van der Waals surface area (Å²) in [6.07, 6.45) is 4.37. The summed E-state index contributed by atoms with van der Waals surface area (Å²) in [5.41, 5.74) is 7.38. The molecule has 2 N–H and O–H groups in total. The first-order valence-corrected chi connectivity index (χ1v) is 5.35. The van der Waals surface area contributed by atoms with Gasteiger partial charge in [-0.25, -0.2) is 4.98 Å². The third kappa shape index (κ3) is 1.36. The van der Waals surface area contributed by atoms with E-state index in [9.17, 15) is 0 Å². The first-order valence-electron chi connectivity index (χ1n) is 5.35. The van der Waals surface area contributed by atoms with Crippen LogP contribution < -0.4 is 5.73 Å². The van der Waals surface area contributed by atoms with Gasteiger partial charge in [-0.15, -0.1) is 0 Å². The van der Waals surface area contributed by atoms with Gasteiger partial charge in [0, 0.05) is 30.9 Å². The van der Waals surface area contributed by atoms with Gasteiger partial charge in [0.05, 0.1) is 0 Å². The fourth-order valence-electron chi connectivity index (χ4n) is 2.48. The molecule has 78 valence electrons. The molecule has 0 spiro atoms. The van der Waals surface area contributed by atoms with E-state index in [1.807, 2.05) is 13.1 Å². The number of nitrogens with two attached hydrogens (primary N) is 1. The van der Waals surface area contributed by atoms with Crippen LogP contribution in [0.4, 0.5) is 0 Å². The van der Waals surface area contributed by atoms with Gasteiger partial charge >= 0.3 is 0 Å². The molecule has 1 saturated carbocycles. The zero-order valence-corrected chi connectivity index (χ0v) is 9.20. The van der Waals surface area contributed by atoms with Crippen molar-refractivity contribution in [2.75, 3.05) is 0 Å². The normalized spacial score (nSPS) is 32.4. The van der Waals surface area contributed by atoms with Crippen molar-refractivity contribution < 1.29 is 0 Å². The zero-order valence-electron chi connectivity index (χ0n) is 9.20. The van der Waals surface area contributed by atoms with Crippen LogP contribution in [-0.2, 0) is 7.05 Å². The maximum Gasteiger partial charge on any atom is 0.105 e. The number of aryl methyl sites for hydroxylation is 1. The van der Waals surface area contributed by atoms with E-state index in [1.54, 1.807) is 0 Å². The van der Waals surface area contributed by atoms with Crippen LogP contribution in [-0.4, -0.2) is 15.6 Å². The predicted octanol–water partition coefficient (Wildman–Crippen LogP) is 1.57. The summed E-state index contributed by atoms with van der Waals surface area (Å²) in [5.74, 6) is 2.29. The van der Waals surface area contributed by atoms with Gasteiger partial charge in [0.1, 0.15) is 5.82 Å². The summed E-state index contributed by atoms with van der Waals surface area (Å²) in [5, 5.41) is 0. The summed E-state index contributed by atoms with van der Waals surface area (Å²) < 4.78 is 2.19. The van der Waals surface area contributed by atoms with E-state index >= 15 is 0 Å². The Morgan fingerprint density at radius 3 is 2.64 bits per heavy atom. The van der Waals surface area contributed by atoms with Crippen molar-refractivity contribution in [1.29, 1.82) is 0 Å². The van der Waals surface area contributed by atoms with Gasteiger partial charge in [-0.1, -0.05) is 6.92 Å². The molecule has 1 aliphatic carbocycles. The van der Waals surface area contributed by atoms with Crippen molar-refractivity contribution in [1.82, 2.24) is 9.55 Å². The Balaban J connectivity index is 2.28. The summed E-state index contributed by atoms with van der Waals surface area (Å²) in [6, 6.07) is 0.371. The molecule has 1 heterocycles. The fraction of sp³-hybridized carbons (Fsp3) is 0.727. The fourth-order valence-corrected chi connectivity index (χ4v) is 2.48. The van der Waals surface area contributed by atoms with Gasteiger partial charge in [-0.2, -0.15) is 0 Å². The monoisotopic (exact) mass is 193 g/mol. The van der Waals surface area contributed by atoms with Gasteiger partial charge in [0.25, 0.3) is 0 Å². The molecule has 14 heavy (non-hydrogen) atoms. The zero-order chi connectivity index (χ0) is 10.3. The molecule has 3 atom stereocenters. The maximum absolute atomic E-state index is 6.03. The summed E-state index contributed by atoms with van der Waals surface area (Å²) >= 11 is 0. The van der Waals surface area contributed by atoms with Crippen molar-refractivity contribution in [3.05, 3.63) is 17.7 Å². The van der Waals surface area contributed by atoms with Gasteiger partial charge in [0.15, 0.2) is 0 Å². The average molecular weight is 193 g/mol. The van der Waals surface area contributed by atoms with Crippen LogP contribution in [0.15, 0.2) is 6.20 Å². The van der Waals surface area contributed by atoms with E-state index < -0.39 is 0 Å². The lowest BCUT2D eigenvalue weighted by molar-refractivity contribution is 0.463. The van der Waals surface area contributed by atoms with Crippen molar-refractivity contribution in [2.24, 2.45) is 18.7 Å². The van der Waals surface area contributed by atoms with E-state index in [-0.39, 0.29) is 0 Å². The molecular formula is C11H19N3. The number of imidazole rings is 1. The molecule has 1 aromatic heterocycles. The van der Waals surface area contributed by atoms with Gasteiger partial charge in [-0.3, -0.25) is 0 Å². The molecule has 0 bridgehead atoms. The molecule has 0 radical (unpaired) electrons. The molecule has 3 heteroatoms. The van der Waals surface area contributed by atoms with Gasteiger partial charge in [0.2, 0.25) is 0 Å². The average Bonchev–Trinajstić information content (AvgIpc) is 2.63. The third-order valence-corrected chi connectivity index (χ3v) is 3.76. The third-order valence-electron chi connectivity index (χ3n) is 3.76. The summed E-state index contributed by atoms with van der Waals surface area (Å²) in [7, 11) is 2.09. The van der Waals surface area contributed by atoms with E-state index in [0.29, 0.717) is 17.9 Å². The summed E-state index contributed by atoms with van der Waals surface area (Å²) in [6.45, 7) is 4.30. The first kappa shape index (κ1) is 9.71. The van der Waals surface area contributed by atoms with E-state index in [4.69, 9.17) is 5.73 Å². The Morgan fingerprint density at radius 2 is 2.21 bits per heavy atom. The number of hydrogen-bond donors (Lipinski definition) is 1. The Bertz CT molecular complexity index is 329. The SMILES string of the molecule is Cc1ncc(C2CCC(N)C2C)n1C. The lowest BCUT2D eigenvalue weighted by atomic mass is 9.93. The van der Waals surface area contributed by atoms with Crippen LogP contribution in [0, 0.1) is 12.8 Å². The van der Waals surface area contributed by atoms with Crippen molar-refractivity contribution in [3.8, 4) is 0 Å². The number of nitrogens with zero attached hydrogens (tertiary/aromatic N) is 2. The minimum absolute atomic E-state index is 0.371. The summed E-state index contributed by atoms with van der Waals surface area (Å²) in [4.78, 5) is 4.34. The largest absolute Gasteiger partial charge is 0.335 e. The maximum atomic E-state index is 6.03. The topological polar surface area (TPSA) is 43.8 Å². The minimum atomic E-state index is 0.371. The molecular weight excluding hydrogens is 174 g/mol. The highest BCUT2D eigenvalue weighted by atomic mass is 15.1. The van der Waals surface area contributed by atoms with Crippen molar-refractivity contribution in [3.63, 3.8) is 0 Å². The Hall–Kier alpha value is -0.830. The Morgan fingerprint density at radius 1 is 1.50 bits per heavy atom. The van der Waals surface area contributed by atoms with Crippen molar-refractivity contribution in [2.45, 2.75) is 38.6 Å². The first-order chi connectivity index (χ1) is 6.61. The Kier molecular flexibility index (Phi) is 2.35. The smallest absolute Gasteiger partial charge is 0.105 e. The van der Waals surface area contributed by atoms with Crippen LogP contribution in [0.5, 0.6) is 0 Å². The van der Waals surface area contributed by atoms with Crippen molar-refractivity contribution >= 4 is 0 Å². The molecule has 0 aromatic carbocycles.